The van der Waals surface area contributed by atoms with Gasteiger partial charge in [0.15, 0.2) is 0 Å². The molecule has 10 aromatic carbocycles. The lowest BCUT2D eigenvalue weighted by molar-refractivity contribution is 0.669. The van der Waals surface area contributed by atoms with Crippen LogP contribution in [-0.4, -0.2) is 0 Å². The van der Waals surface area contributed by atoms with E-state index >= 15 is 0 Å². The fraction of sp³-hybridized carbons (Fsp3) is 0. The van der Waals surface area contributed by atoms with Crippen LogP contribution in [0.1, 0.15) is 0 Å². The molecule has 0 saturated carbocycles. The van der Waals surface area contributed by atoms with Crippen LogP contribution in [0.4, 0.5) is 17.1 Å². The highest BCUT2D eigenvalue weighted by Crippen LogP contribution is 2.49. The van der Waals surface area contributed by atoms with Gasteiger partial charge >= 0.3 is 0 Å². The van der Waals surface area contributed by atoms with Gasteiger partial charge in [0, 0.05) is 42.2 Å². The van der Waals surface area contributed by atoms with Crippen molar-refractivity contribution in [1.29, 1.82) is 0 Å². The predicted molar refractivity (Wildman–Crippen MR) is 253 cm³/mol. The number of anilines is 3. The summed E-state index contributed by atoms with van der Waals surface area (Å²) >= 11 is 1.85. The van der Waals surface area contributed by atoms with Gasteiger partial charge in [-0.2, -0.15) is 0 Å². The Morgan fingerprint density at radius 3 is 1.90 bits per heavy atom. The topological polar surface area (TPSA) is 16.4 Å². The predicted octanol–water partition coefficient (Wildman–Crippen LogP) is 16.7. The largest absolute Gasteiger partial charge is 0.456 e. The average molecular weight is 770 g/mol. The quantitative estimate of drug-likeness (QED) is 0.157. The molecular weight excluding hydrogens is 735 g/mol. The number of benzene rings is 10. The van der Waals surface area contributed by atoms with E-state index in [1.165, 1.54) is 52.8 Å². The molecule has 0 aliphatic heterocycles. The van der Waals surface area contributed by atoms with Gasteiger partial charge in [-0.1, -0.05) is 158 Å². The normalized spacial score (nSPS) is 11.7. The van der Waals surface area contributed by atoms with Gasteiger partial charge in [-0.05, 0) is 104 Å². The molecule has 276 valence electrons. The van der Waals surface area contributed by atoms with Gasteiger partial charge in [0.05, 0.1) is 11.4 Å². The smallest absolute Gasteiger partial charge is 0.136 e. The summed E-state index contributed by atoms with van der Waals surface area (Å²) < 4.78 is 8.92. The molecule has 0 saturated heterocycles. The number of thiophene rings is 1. The second-order valence-corrected chi connectivity index (χ2v) is 16.3. The van der Waals surface area contributed by atoms with E-state index in [1.807, 2.05) is 17.4 Å². The molecule has 0 aliphatic rings. The van der Waals surface area contributed by atoms with Crippen LogP contribution in [0.5, 0.6) is 0 Å². The Labute approximate surface area is 345 Å². The minimum absolute atomic E-state index is 0.891. The van der Waals surface area contributed by atoms with E-state index in [1.54, 1.807) is 0 Å². The Balaban J connectivity index is 1.17. The molecule has 0 bridgehead atoms. The van der Waals surface area contributed by atoms with Crippen LogP contribution in [0, 0.1) is 0 Å². The Bertz CT molecular complexity index is 3580. The Morgan fingerprint density at radius 2 is 1.00 bits per heavy atom. The fourth-order valence-corrected chi connectivity index (χ4v) is 10.3. The lowest BCUT2D eigenvalue weighted by Gasteiger charge is -2.30. The molecule has 0 N–H and O–H groups in total. The van der Waals surface area contributed by atoms with Crippen molar-refractivity contribution < 1.29 is 4.42 Å². The third-order valence-electron chi connectivity index (χ3n) is 11.8. The molecule has 2 heterocycles. The summed E-state index contributed by atoms with van der Waals surface area (Å²) in [7, 11) is 0. The van der Waals surface area contributed by atoms with Gasteiger partial charge in [0.25, 0.3) is 0 Å². The standard InChI is InChI=1S/C56H35NOS/c1-2-15-36(16-3-1)42-32-31-39(48-34-38-17-4-5-20-41(38)44-21-6-7-22-45(44)48)35-50(42)57(49-26-14-30-54-56(49)47-24-9-11-29-53(47)59-54)40-19-12-18-37(33-40)43-25-13-28-52-55(43)46-23-8-10-27-51(46)58-52/h1-35H. The molecule has 0 amide bonds. The zero-order chi connectivity index (χ0) is 38.9. The molecule has 0 atom stereocenters. The Morgan fingerprint density at radius 1 is 0.339 bits per heavy atom. The molecule has 12 rings (SSSR count). The summed E-state index contributed by atoms with van der Waals surface area (Å²) in [5.41, 5.74) is 12.1. The summed E-state index contributed by atoms with van der Waals surface area (Å²) in [6.45, 7) is 0. The highest BCUT2D eigenvalue weighted by atomic mass is 32.1. The van der Waals surface area contributed by atoms with E-state index in [-0.39, 0.29) is 0 Å². The first kappa shape index (κ1) is 33.7. The molecule has 0 radical (unpaired) electrons. The minimum Gasteiger partial charge on any atom is -0.456 e. The SMILES string of the molecule is c1ccc(-c2ccc(-c3cc4ccccc4c4ccccc34)cc2N(c2cccc(-c3cccc4oc5ccccc5c34)c2)c2cccc3sc4ccccc4c23)cc1. The van der Waals surface area contributed by atoms with Crippen molar-refractivity contribution in [2.45, 2.75) is 0 Å². The lowest BCUT2D eigenvalue weighted by Crippen LogP contribution is -2.12. The summed E-state index contributed by atoms with van der Waals surface area (Å²) in [6, 6.07) is 77.2. The van der Waals surface area contributed by atoms with Crippen LogP contribution in [0.3, 0.4) is 0 Å². The van der Waals surface area contributed by atoms with Crippen LogP contribution in [0.2, 0.25) is 0 Å². The molecule has 0 fully saturated rings. The lowest BCUT2D eigenvalue weighted by atomic mass is 9.91. The van der Waals surface area contributed by atoms with E-state index in [2.05, 4.69) is 211 Å². The number of hydrogen-bond donors (Lipinski definition) is 0. The molecule has 0 aliphatic carbocycles. The first-order valence-corrected chi connectivity index (χ1v) is 20.9. The third-order valence-corrected chi connectivity index (χ3v) is 13.0. The summed E-state index contributed by atoms with van der Waals surface area (Å²) in [4.78, 5) is 2.51. The number of para-hydroxylation sites is 1. The van der Waals surface area contributed by atoms with Crippen molar-refractivity contribution in [1.82, 2.24) is 0 Å². The third kappa shape index (κ3) is 5.47. The molecule has 12 aromatic rings. The van der Waals surface area contributed by atoms with Crippen molar-refractivity contribution in [3.8, 4) is 33.4 Å². The Kier molecular flexibility index (Phi) is 7.75. The highest BCUT2D eigenvalue weighted by molar-refractivity contribution is 7.26. The van der Waals surface area contributed by atoms with Crippen LogP contribution in [0.15, 0.2) is 217 Å². The summed E-state index contributed by atoms with van der Waals surface area (Å²) in [5.74, 6) is 0. The van der Waals surface area contributed by atoms with Gasteiger partial charge in [-0.3, -0.25) is 0 Å². The van der Waals surface area contributed by atoms with Crippen LogP contribution in [0.25, 0.3) is 97.0 Å². The van der Waals surface area contributed by atoms with Crippen molar-refractivity contribution in [2.24, 2.45) is 0 Å². The average Bonchev–Trinajstić information content (AvgIpc) is 3.88. The number of rotatable bonds is 6. The van der Waals surface area contributed by atoms with Gasteiger partial charge in [-0.15, -0.1) is 11.3 Å². The molecule has 2 nitrogen and oxygen atoms in total. The fourth-order valence-electron chi connectivity index (χ4n) is 9.22. The van der Waals surface area contributed by atoms with Crippen LogP contribution < -0.4 is 4.90 Å². The maximum Gasteiger partial charge on any atom is 0.136 e. The second-order valence-electron chi connectivity index (χ2n) is 15.2. The van der Waals surface area contributed by atoms with Crippen LogP contribution in [-0.2, 0) is 0 Å². The molecular formula is C56H35NOS. The molecule has 0 unspecified atom stereocenters. The molecule has 59 heavy (non-hydrogen) atoms. The molecule has 2 aromatic heterocycles. The van der Waals surface area contributed by atoms with Gasteiger partial charge in [0.1, 0.15) is 11.2 Å². The van der Waals surface area contributed by atoms with Crippen molar-refractivity contribution in [2.75, 3.05) is 4.90 Å². The van der Waals surface area contributed by atoms with Gasteiger partial charge < -0.3 is 9.32 Å². The van der Waals surface area contributed by atoms with E-state index < -0.39 is 0 Å². The maximum absolute atomic E-state index is 6.38. The van der Waals surface area contributed by atoms with Crippen LogP contribution >= 0.6 is 11.3 Å². The first-order valence-electron chi connectivity index (χ1n) is 20.1. The van der Waals surface area contributed by atoms with E-state index in [0.29, 0.717) is 0 Å². The van der Waals surface area contributed by atoms with Gasteiger partial charge in [0.2, 0.25) is 0 Å². The summed E-state index contributed by atoms with van der Waals surface area (Å²) in [5, 5.41) is 9.76. The van der Waals surface area contributed by atoms with E-state index in [9.17, 15) is 0 Å². The first-order chi connectivity index (χ1) is 29.3. The number of nitrogens with zero attached hydrogens (tertiary/aromatic N) is 1. The zero-order valence-electron chi connectivity index (χ0n) is 32.0. The van der Waals surface area contributed by atoms with Crippen molar-refractivity contribution >= 4 is 92.1 Å². The van der Waals surface area contributed by atoms with Gasteiger partial charge in [-0.25, -0.2) is 0 Å². The second kappa shape index (κ2) is 13.6. The van der Waals surface area contributed by atoms with E-state index in [4.69, 9.17) is 4.42 Å². The number of furan rings is 1. The minimum atomic E-state index is 0.891. The zero-order valence-corrected chi connectivity index (χ0v) is 32.8. The van der Waals surface area contributed by atoms with Crippen molar-refractivity contribution in [3.05, 3.63) is 212 Å². The number of fused-ring (bicyclic) bond motifs is 9. The Hall–Kier alpha value is -7.46. The summed E-state index contributed by atoms with van der Waals surface area (Å²) in [6.07, 6.45) is 0. The molecule has 0 spiro atoms. The maximum atomic E-state index is 6.38. The number of hydrogen-bond acceptors (Lipinski definition) is 3. The molecule has 3 heteroatoms. The van der Waals surface area contributed by atoms with E-state index in [0.717, 1.165) is 61.3 Å². The highest BCUT2D eigenvalue weighted by Gasteiger charge is 2.24. The monoisotopic (exact) mass is 769 g/mol. The van der Waals surface area contributed by atoms with Crippen molar-refractivity contribution in [3.63, 3.8) is 0 Å².